The Morgan fingerprint density at radius 2 is 2.18 bits per heavy atom. The maximum Gasteiger partial charge on any atom is 0.252 e. The number of anilines is 1. The average Bonchev–Trinajstić information content (AvgIpc) is 2.49. The summed E-state index contributed by atoms with van der Waals surface area (Å²) in [6, 6.07) is 9.10. The molecule has 0 fully saturated rings. The molecule has 0 aliphatic rings. The van der Waals surface area contributed by atoms with Crippen LogP contribution in [0.1, 0.15) is 31.5 Å². The molecule has 0 radical (unpaired) electrons. The highest BCUT2D eigenvalue weighted by atomic mass is 16.5. The average molecular weight is 300 g/mol. The predicted octanol–water partition coefficient (Wildman–Crippen LogP) is 2.57. The largest absolute Gasteiger partial charge is 0.493 e. The molecule has 1 aromatic heterocycles. The van der Waals surface area contributed by atoms with Gasteiger partial charge in [0.05, 0.1) is 12.8 Å². The monoisotopic (exact) mass is 300 g/mol. The lowest BCUT2D eigenvalue weighted by molar-refractivity contribution is 0.340. The molecule has 0 unspecified atom stereocenters. The quantitative estimate of drug-likeness (QED) is 0.608. The first-order valence-corrected chi connectivity index (χ1v) is 7.34. The van der Waals surface area contributed by atoms with Crippen LogP contribution in [0.4, 0.5) is 5.95 Å². The number of nitrogens with one attached hydrogen (secondary N) is 2. The number of nitrogens with zero attached hydrogens (tertiary/aromatic N) is 2. The standard InChI is InChI=1S/C16H20N4O2/c1-3-7-13-10-15(21)19-16(18-13)20-17-11-12-8-5-6-9-14(12)22-4-2/h5-6,8-11H,3-4,7H2,1-2H3,(H2,18,19,20,21)/b17-11+. The van der Waals surface area contributed by atoms with E-state index in [0.717, 1.165) is 29.8 Å². The zero-order chi connectivity index (χ0) is 15.8. The van der Waals surface area contributed by atoms with Crippen molar-refractivity contribution in [2.24, 2.45) is 5.10 Å². The Kier molecular flexibility index (Phi) is 5.71. The van der Waals surface area contributed by atoms with Crippen LogP contribution in [0.25, 0.3) is 0 Å². The normalized spacial score (nSPS) is 10.8. The van der Waals surface area contributed by atoms with E-state index in [1.165, 1.54) is 6.07 Å². The van der Waals surface area contributed by atoms with Crippen molar-refractivity contribution in [3.8, 4) is 5.75 Å². The highest BCUT2D eigenvalue weighted by molar-refractivity contribution is 5.83. The number of para-hydroxylation sites is 1. The molecule has 0 spiro atoms. The summed E-state index contributed by atoms with van der Waals surface area (Å²) in [5.41, 5.74) is 4.16. The molecule has 2 N–H and O–H groups in total. The van der Waals surface area contributed by atoms with Crippen LogP contribution in [0.2, 0.25) is 0 Å². The fraction of sp³-hybridized carbons (Fsp3) is 0.312. The third-order valence-corrected chi connectivity index (χ3v) is 2.89. The Morgan fingerprint density at radius 3 is 2.95 bits per heavy atom. The Balaban J connectivity index is 2.11. The first-order valence-electron chi connectivity index (χ1n) is 7.34. The number of hydrogen-bond acceptors (Lipinski definition) is 5. The van der Waals surface area contributed by atoms with Gasteiger partial charge in [-0.3, -0.25) is 9.78 Å². The van der Waals surface area contributed by atoms with Crippen molar-refractivity contribution in [2.45, 2.75) is 26.7 Å². The third-order valence-electron chi connectivity index (χ3n) is 2.89. The number of hydrazone groups is 1. The molecule has 0 bridgehead atoms. The molecule has 6 nitrogen and oxygen atoms in total. The minimum Gasteiger partial charge on any atom is -0.493 e. The van der Waals surface area contributed by atoms with Crippen molar-refractivity contribution in [3.05, 3.63) is 51.9 Å². The van der Waals surface area contributed by atoms with E-state index in [4.69, 9.17) is 4.74 Å². The van der Waals surface area contributed by atoms with Gasteiger partial charge in [0.25, 0.3) is 5.56 Å². The van der Waals surface area contributed by atoms with E-state index in [2.05, 4.69) is 20.5 Å². The molecule has 0 saturated carbocycles. The van der Waals surface area contributed by atoms with E-state index in [1.807, 2.05) is 38.1 Å². The van der Waals surface area contributed by atoms with Crippen molar-refractivity contribution >= 4 is 12.2 Å². The molecule has 116 valence electrons. The zero-order valence-electron chi connectivity index (χ0n) is 12.8. The van der Waals surface area contributed by atoms with E-state index in [0.29, 0.717) is 12.6 Å². The molecule has 1 heterocycles. The molecular weight excluding hydrogens is 280 g/mol. The topological polar surface area (TPSA) is 79.4 Å². The maximum atomic E-state index is 11.6. The first kappa shape index (κ1) is 15.8. The Morgan fingerprint density at radius 1 is 1.36 bits per heavy atom. The van der Waals surface area contributed by atoms with Crippen molar-refractivity contribution in [1.29, 1.82) is 0 Å². The number of aromatic nitrogens is 2. The van der Waals surface area contributed by atoms with Gasteiger partial charge in [-0.2, -0.15) is 5.10 Å². The van der Waals surface area contributed by atoms with E-state index in [-0.39, 0.29) is 5.56 Å². The lowest BCUT2D eigenvalue weighted by Gasteiger charge is -2.06. The van der Waals surface area contributed by atoms with Crippen LogP contribution in [0.3, 0.4) is 0 Å². The highest BCUT2D eigenvalue weighted by Crippen LogP contribution is 2.15. The summed E-state index contributed by atoms with van der Waals surface area (Å²) in [5, 5.41) is 4.11. The van der Waals surface area contributed by atoms with Gasteiger partial charge in [-0.25, -0.2) is 10.4 Å². The highest BCUT2D eigenvalue weighted by Gasteiger charge is 2.01. The van der Waals surface area contributed by atoms with Gasteiger partial charge in [0.15, 0.2) is 0 Å². The van der Waals surface area contributed by atoms with E-state index in [9.17, 15) is 4.79 Å². The molecule has 22 heavy (non-hydrogen) atoms. The summed E-state index contributed by atoms with van der Waals surface area (Å²) >= 11 is 0. The van der Waals surface area contributed by atoms with Crippen LogP contribution in [-0.4, -0.2) is 22.8 Å². The number of rotatable bonds is 7. The van der Waals surface area contributed by atoms with Gasteiger partial charge in [0.1, 0.15) is 5.75 Å². The summed E-state index contributed by atoms with van der Waals surface area (Å²) < 4.78 is 5.52. The SMILES string of the molecule is CCCc1cc(=O)[nH]c(N/N=C/c2ccccc2OCC)n1. The summed E-state index contributed by atoms with van der Waals surface area (Å²) in [6.07, 6.45) is 3.33. The zero-order valence-corrected chi connectivity index (χ0v) is 12.8. The molecule has 2 rings (SSSR count). The molecule has 0 amide bonds. The number of aryl methyl sites for hydroxylation is 1. The van der Waals surface area contributed by atoms with Crippen LogP contribution < -0.4 is 15.7 Å². The fourth-order valence-electron chi connectivity index (χ4n) is 1.98. The lowest BCUT2D eigenvalue weighted by atomic mass is 10.2. The van der Waals surface area contributed by atoms with Gasteiger partial charge < -0.3 is 4.74 Å². The second kappa shape index (κ2) is 7.97. The molecule has 6 heteroatoms. The number of ether oxygens (including phenoxy) is 1. The van der Waals surface area contributed by atoms with E-state index < -0.39 is 0 Å². The number of H-pyrrole nitrogens is 1. The Labute approximate surface area is 129 Å². The van der Waals surface area contributed by atoms with Gasteiger partial charge in [0.2, 0.25) is 5.95 Å². The number of hydrogen-bond donors (Lipinski definition) is 2. The second-order valence-electron chi connectivity index (χ2n) is 4.68. The lowest BCUT2D eigenvalue weighted by Crippen LogP contribution is -2.12. The molecule has 2 aromatic rings. The summed E-state index contributed by atoms with van der Waals surface area (Å²) in [4.78, 5) is 18.5. The smallest absolute Gasteiger partial charge is 0.252 e. The van der Waals surface area contributed by atoms with Gasteiger partial charge in [-0.1, -0.05) is 25.5 Å². The molecule has 0 aliphatic carbocycles. The number of aromatic amines is 1. The van der Waals surface area contributed by atoms with Crippen LogP contribution in [0.15, 0.2) is 40.2 Å². The Bertz CT molecular complexity index is 695. The van der Waals surface area contributed by atoms with Gasteiger partial charge in [-0.15, -0.1) is 0 Å². The maximum absolute atomic E-state index is 11.6. The number of benzene rings is 1. The summed E-state index contributed by atoms with van der Waals surface area (Å²) in [7, 11) is 0. The van der Waals surface area contributed by atoms with Gasteiger partial charge in [-0.05, 0) is 25.5 Å². The molecule has 0 atom stereocenters. The molecular formula is C16H20N4O2. The fourth-order valence-corrected chi connectivity index (χ4v) is 1.98. The first-order chi connectivity index (χ1) is 10.7. The van der Waals surface area contributed by atoms with Gasteiger partial charge in [0, 0.05) is 17.3 Å². The molecule has 0 aliphatic heterocycles. The van der Waals surface area contributed by atoms with E-state index >= 15 is 0 Å². The minimum absolute atomic E-state index is 0.189. The van der Waals surface area contributed by atoms with Gasteiger partial charge >= 0.3 is 0 Å². The van der Waals surface area contributed by atoms with E-state index in [1.54, 1.807) is 6.21 Å². The van der Waals surface area contributed by atoms with Crippen LogP contribution in [0.5, 0.6) is 5.75 Å². The van der Waals surface area contributed by atoms with Crippen molar-refractivity contribution in [3.63, 3.8) is 0 Å². The Hall–Kier alpha value is -2.63. The second-order valence-corrected chi connectivity index (χ2v) is 4.68. The predicted molar refractivity (Wildman–Crippen MR) is 87.7 cm³/mol. The van der Waals surface area contributed by atoms with Crippen molar-refractivity contribution in [2.75, 3.05) is 12.0 Å². The van der Waals surface area contributed by atoms with Crippen molar-refractivity contribution < 1.29 is 4.74 Å². The third kappa shape index (κ3) is 4.44. The van der Waals surface area contributed by atoms with Crippen LogP contribution in [-0.2, 0) is 6.42 Å². The molecule has 0 saturated heterocycles. The van der Waals surface area contributed by atoms with Crippen LogP contribution in [0, 0.1) is 0 Å². The minimum atomic E-state index is -0.189. The van der Waals surface area contributed by atoms with Crippen molar-refractivity contribution in [1.82, 2.24) is 9.97 Å². The molecule has 1 aromatic carbocycles. The van der Waals surface area contributed by atoms with Crippen LogP contribution >= 0.6 is 0 Å². The summed E-state index contributed by atoms with van der Waals surface area (Å²) in [5.74, 6) is 1.10. The summed E-state index contributed by atoms with van der Waals surface area (Å²) in [6.45, 7) is 4.56.